The van der Waals surface area contributed by atoms with Crippen LogP contribution in [0.2, 0.25) is 0 Å². The second-order valence-corrected chi connectivity index (χ2v) is 8.11. The van der Waals surface area contributed by atoms with Gasteiger partial charge in [-0.2, -0.15) is 0 Å². The number of carbonyl (C=O) groups is 2. The number of aryl methyl sites for hydroxylation is 1. The molecule has 4 rings (SSSR count). The van der Waals surface area contributed by atoms with E-state index in [1.165, 1.54) is 11.0 Å². The lowest BCUT2D eigenvalue weighted by Gasteiger charge is -2.28. The molecule has 2 atom stereocenters. The number of Topliss-reactive ketones (excluding diaryl/α,β-unsaturated/α-hetero) is 1. The van der Waals surface area contributed by atoms with Crippen molar-refractivity contribution in [3.05, 3.63) is 64.7 Å². The Balaban J connectivity index is 1.84. The van der Waals surface area contributed by atoms with Gasteiger partial charge < -0.3 is 24.6 Å². The fourth-order valence-corrected chi connectivity index (χ4v) is 4.26. The number of phenols is 1. The van der Waals surface area contributed by atoms with E-state index in [1.807, 2.05) is 19.1 Å². The molecule has 2 saturated heterocycles. The highest BCUT2D eigenvalue weighted by Gasteiger charge is 2.47. The van der Waals surface area contributed by atoms with Gasteiger partial charge in [0.25, 0.3) is 11.7 Å². The van der Waals surface area contributed by atoms with Gasteiger partial charge in [0.2, 0.25) is 0 Å². The topological polar surface area (TPSA) is 96.3 Å². The first-order chi connectivity index (χ1) is 15.4. The number of benzene rings is 2. The van der Waals surface area contributed by atoms with E-state index in [0.717, 1.165) is 18.4 Å². The fraction of sp³-hybridized carbons (Fsp3) is 0.360. The van der Waals surface area contributed by atoms with E-state index >= 15 is 0 Å². The number of ketones is 1. The molecule has 0 radical (unpaired) electrons. The van der Waals surface area contributed by atoms with E-state index < -0.39 is 17.7 Å². The number of aliphatic hydroxyl groups is 1. The molecule has 0 saturated carbocycles. The molecule has 1 amide bonds. The van der Waals surface area contributed by atoms with Gasteiger partial charge >= 0.3 is 0 Å². The average Bonchev–Trinajstić information content (AvgIpc) is 3.38. The van der Waals surface area contributed by atoms with Crippen LogP contribution < -0.4 is 4.74 Å². The maximum atomic E-state index is 13.1. The number of amides is 1. The zero-order valence-corrected chi connectivity index (χ0v) is 18.2. The molecule has 2 aromatic rings. The van der Waals surface area contributed by atoms with Gasteiger partial charge in [-0.25, -0.2) is 0 Å². The molecule has 7 nitrogen and oxygen atoms in total. The summed E-state index contributed by atoms with van der Waals surface area (Å²) in [6, 6.07) is 11.0. The first-order valence-corrected chi connectivity index (χ1v) is 10.8. The number of hydrogen-bond acceptors (Lipinski definition) is 6. The Kier molecular flexibility index (Phi) is 6.19. The molecule has 2 unspecified atom stereocenters. The summed E-state index contributed by atoms with van der Waals surface area (Å²) in [5.41, 5.74) is 2.05. The van der Waals surface area contributed by atoms with Crippen LogP contribution in [-0.4, -0.2) is 52.7 Å². The van der Waals surface area contributed by atoms with Gasteiger partial charge in [-0.15, -0.1) is 0 Å². The SMILES string of the molecule is CCOc1cc(C2C(=C(O)c3ccc(C)cc3)C(=O)C(=O)N2CC2CCCO2)ccc1O. The highest BCUT2D eigenvalue weighted by molar-refractivity contribution is 6.46. The van der Waals surface area contributed by atoms with Crippen molar-refractivity contribution in [3.8, 4) is 11.5 Å². The summed E-state index contributed by atoms with van der Waals surface area (Å²) in [7, 11) is 0. The molecule has 2 N–H and O–H groups in total. The van der Waals surface area contributed by atoms with Gasteiger partial charge in [0.15, 0.2) is 11.5 Å². The molecular formula is C25H27NO6. The summed E-state index contributed by atoms with van der Waals surface area (Å²) in [5, 5.41) is 21.2. The van der Waals surface area contributed by atoms with Crippen LogP contribution >= 0.6 is 0 Å². The molecule has 0 bridgehead atoms. The molecular weight excluding hydrogens is 410 g/mol. The third kappa shape index (κ3) is 4.08. The molecule has 2 fully saturated rings. The zero-order chi connectivity index (χ0) is 22.8. The molecule has 0 spiro atoms. The first kappa shape index (κ1) is 21.9. The van der Waals surface area contributed by atoms with Crippen LogP contribution in [-0.2, 0) is 14.3 Å². The minimum Gasteiger partial charge on any atom is -0.507 e. The number of aliphatic hydroxyl groups excluding tert-OH is 1. The summed E-state index contributed by atoms with van der Waals surface area (Å²) < 4.78 is 11.2. The summed E-state index contributed by atoms with van der Waals surface area (Å²) in [4.78, 5) is 27.6. The molecule has 0 aromatic heterocycles. The maximum Gasteiger partial charge on any atom is 0.295 e. The number of carbonyl (C=O) groups excluding carboxylic acids is 2. The molecule has 0 aliphatic carbocycles. The monoisotopic (exact) mass is 437 g/mol. The van der Waals surface area contributed by atoms with E-state index in [0.29, 0.717) is 24.3 Å². The van der Waals surface area contributed by atoms with E-state index in [-0.39, 0.29) is 35.5 Å². The van der Waals surface area contributed by atoms with Crippen molar-refractivity contribution < 1.29 is 29.3 Å². The summed E-state index contributed by atoms with van der Waals surface area (Å²) in [6.45, 7) is 4.93. The normalized spacial score (nSPS) is 22.5. The maximum absolute atomic E-state index is 13.1. The van der Waals surface area contributed by atoms with Crippen molar-refractivity contribution in [3.63, 3.8) is 0 Å². The summed E-state index contributed by atoms with van der Waals surface area (Å²) >= 11 is 0. The number of phenolic OH excluding ortho intramolecular Hbond substituents is 1. The predicted octanol–water partition coefficient (Wildman–Crippen LogP) is 3.70. The Morgan fingerprint density at radius 2 is 1.94 bits per heavy atom. The fourth-order valence-electron chi connectivity index (χ4n) is 4.26. The highest BCUT2D eigenvalue weighted by Crippen LogP contribution is 2.42. The first-order valence-electron chi connectivity index (χ1n) is 10.8. The van der Waals surface area contributed by atoms with Crippen molar-refractivity contribution in [1.82, 2.24) is 4.90 Å². The van der Waals surface area contributed by atoms with Crippen LogP contribution in [0.15, 0.2) is 48.0 Å². The van der Waals surface area contributed by atoms with Crippen LogP contribution in [0.4, 0.5) is 0 Å². The van der Waals surface area contributed by atoms with Crippen LogP contribution in [0.3, 0.4) is 0 Å². The number of rotatable bonds is 6. The molecule has 32 heavy (non-hydrogen) atoms. The lowest BCUT2D eigenvalue weighted by Crippen LogP contribution is -2.36. The van der Waals surface area contributed by atoms with Gasteiger partial charge in [-0.05, 0) is 44.4 Å². The lowest BCUT2D eigenvalue weighted by molar-refractivity contribution is -0.140. The molecule has 2 aromatic carbocycles. The van der Waals surface area contributed by atoms with E-state index in [9.17, 15) is 19.8 Å². The van der Waals surface area contributed by atoms with Gasteiger partial charge in [-0.3, -0.25) is 9.59 Å². The number of nitrogens with zero attached hydrogens (tertiary/aromatic N) is 1. The van der Waals surface area contributed by atoms with Gasteiger partial charge in [0, 0.05) is 18.7 Å². The number of hydrogen-bond donors (Lipinski definition) is 2. The summed E-state index contributed by atoms with van der Waals surface area (Å²) in [5.74, 6) is -1.43. The highest BCUT2D eigenvalue weighted by atomic mass is 16.5. The molecule has 7 heteroatoms. The quantitative estimate of drug-likeness (QED) is 0.406. The standard InChI is InChI=1S/C25H27NO6/c1-3-31-20-13-17(10-11-19(20)27)22-21(23(28)16-8-6-15(2)7-9-16)24(29)25(30)26(22)14-18-5-4-12-32-18/h6-11,13,18,22,27-28H,3-5,12,14H2,1-2H3. The largest absolute Gasteiger partial charge is 0.507 e. The minimum absolute atomic E-state index is 0.0185. The smallest absolute Gasteiger partial charge is 0.295 e. The van der Waals surface area contributed by atoms with Crippen molar-refractivity contribution >= 4 is 17.4 Å². The summed E-state index contributed by atoms with van der Waals surface area (Å²) in [6.07, 6.45) is 1.53. The Morgan fingerprint density at radius 3 is 2.59 bits per heavy atom. The average molecular weight is 437 g/mol. The van der Waals surface area contributed by atoms with Crippen LogP contribution in [0.25, 0.3) is 5.76 Å². The Morgan fingerprint density at radius 1 is 1.19 bits per heavy atom. The number of ether oxygens (including phenoxy) is 2. The number of likely N-dealkylation sites (tertiary alicyclic amines) is 1. The van der Waals surface area contributed by atoms with Gasteiger partial charge in [0.05, 0.1) is 24.3 Å². The predicted molar refractivity (Wildman–Crippen MR) is 118 cm³/mol. The molecule has 2 aliphatic rings. The van der Waals surface area contributed by atoms with Crippen LogP contribution in [0.1, 0.15) is 42.5 Å². The van der Waals surface area contributed by atoms with Crippen molar-refractivity contribution in [2.75, 3.05) is 19.8 Å². The minimum atomic E-state index is -0.819. The van der Waals surface area contributed by atoms with Crippen molar-refractivity contribution in [2.24, 2.45) is 0 Å². The van der Waals surface area contributed by atoms with Crippen molar-refractivity contribution in [2.45, 2.75) is 38.8 Å². The van der Waals surface area contributed by atoms with Gasteiger partial charge in [0.1, 0.15) is 5.76 Å². The Hall–Kier alpha value is -3.32. The van der Waals surface area contributed by atoms with Gasteiger partial charge in [-0.1, -0.05) is 35.9 Å². The van der Waals surface area contributed by atoms with Crippen LogP contribution in [0, 0.1) is 6.92 Å². The third-order valence-electron chi connectivity index (χ3n) is 5.89. The molecule has 168 valence electrons. The third-order valence-corrected chi connectivity index (χ3v) is 5.89. The van der Waals surface area contributed by atoms with E-state index in [4.69, 9.17) is 9.47 Å². The number of aromatic hydroxyl groups is 1. The lowest BCUT2D eigenvalue weighted by atomic mass is 9.94. The second-order valence-electron chi connectivity index (χ2n) is 8.11. The zero-order valence-electron chi connectivity index (χ0n) is 18.2. The Bertz CT molecular complexity index is 1050. The molecule has 2 heterocycles. The van der Waals surface area contributed by atoms with E-state index in [2.05, 4.69) is 0 Å². The second kappa shape index (κ2) is 9.04. The van der Waals surface area contributed by atoms with Crippen molar-refractivity contribution in [1.29, 1.82) is 0 Å². The van der Waals surface area contributed by atoms with E-state index in [1.54, 1.807) is 31.2 Å². The Labute approximate surface area is 186 Å². The molecule has 2 aliphatic heterocycles. The van der Waals surface area contributed by atoms with Crippen LogP contribution in [0.5, 0.6) is 11.5 Å².